The van der Waals surface area contributed by atoms with E-state index in [1.54, 1.807) is 0 Å². The van der Waals surface area contributed by atoms with Crippen LogP contribution in [0.3, 0.4) is 0 Å². The van der Waals surface area contributed by atoms with Crippen LogP contribution >= 0.6 is 0 Å². The van der Waals surface area contributed by atoms with Crippen molar-refractivity contribution < 1.29 is 24.2 Å². The lowest BCUT2D eigenvalue weighted by Crippen LogP contribution is -2.49. The van der Waals surface area contributed by atoms with Crippen LogP contribution in [0.4, 0.5) is 0 Å². The number of nitrogens with one attached hydrogen (secondary N) is 1. The Morgan fingerprint density at radius 2 is 2.17 bits per heavy atom. The van der Waals surface area contributed by atoms with E-state index in [1.807, 2.05) is 6.92 Å². The highest BCUT2D eigenvalue weighted by Gasteiger charge is 2.28. The Kier molecular flexibility index (Phi) is 8.87. The van der Waals surface area contributed by atoms with Crippen molar-refractivity contribution in [3.05, 3.63) is 12.7 Å². The normalized spacial score (nSPS) is 23.7. The van der Waals surface area contributed by atoms with Gasteiger partial charge in [0.1, 0.15) is 6.10 Å². The molecule has 0 radical (unpaired) electrons. The van der Waals surface area contributed by atoms with Gasteiger partial charge in [0.2, 0.25) is 5.91 Å². The molecule has 1 fully saturated rings. The molecule has 0 aliphatic heterocycles. The summed E-state index contributed by atoms with van der Waals surface area (Å²) in [5, 5.41) is 11.7. The molecule has 0 aromatic heterocycles. The van der Waals surface area contributed by atoms with E-state index in [0.717, 1.165) is 19.3 Å². The fourth-order valence-corrected chi connectivity index (χ4v) is 2.79. The number of hydrogen-bond acceptors (Lipinski definition) is 4. The summed E-state index contributed by atoms with van der Waals surface area (Å²) >= 11 is 0. The second kappa shape index (κ2) is 10.4. The molecule has 6 nitrogen and oxygen atoms in total. The Morgan fingerprint density at radius 1 is 1.43 bits per heavy atom. The van der Waals surface area contributed by atoms with Gasteiger partial charge in [0.25, 0.3) is 0 Å². The van der Waals surface area contributed by atoms with Gasteiger partial charge >= 0.3 is 5.97 Å². The fraction of sp³-hybridized carbons (Fsp3) is 0.765. The quantitative estimate of drug-likeness (QED) is 0.474. The molecule has 0 bridgehead atoms. The lowest BCUT2D eigenvalue weighted by Gasteiger charge is -2.30. The van der Waals surface area contributed by atoms with Crippen molar-refractivity contribution in [2.75, 3.05) is 13.2 Å². The molecule has 1 amide bonds. The Hall–Kier alpha value is -1.40. The number of ether oxygens (including phenoxy) is 2. The molecule has 132 valence electrons. The largest absolute Gasteiger partial charge is 0.480 e. The van der Waals surface area contributed by atoms with Gasteiger partial charge in [0, 0.05) is 0 Å². The molecule has 4 unspecified atom stereocenters. The van der Waals surface area contributed by atoms with Crippen LogP contribution in [0.5, 0.6) is 0 Å². The molecule has 0 heterocycles. The number of carboxylic acid groups (broad SMARTS) is 1. The fourth-order valence-electron chi connectivity index (χ4n) is 2.79. The first-order chi connectivity index (χ1) is 11.0. The number of carboxylic acids is 1. The summed E-state index contributed by atoms with van der Waals surface area (Å²) in [5.41, 5.74) is 0. The Morgan fingerprint density at radius 3 is 2.74 bits per heavy atom. The first kappa shape index (κ1) is 19.6. The predicted octanol–water partition coefficient (Wildman–Crippen LogP) is 2.13. The molecule has 1 aliphatic carbocycles. The number of carbonyl (C=O) groups excluding carboxylic acids is 1. The zero-order chi connectivity index (χ0) is 17.2. The van der Waals surface area contributed by atoms with Crippen molar-refractivity contribution in [3.8, 4) is 0 Å². The molecular formula is C17H29NO5. The van der Waals surface area contributed by atoms with E-state index < -0.39 is 18.1 Å². The van der Waals surface area contributed by atoms with E-state index in [4.69, 9.17) is 9.47 Å². The minimum absolute atomic E-state index is 0.0785. The van der Waals surface area contributed by atoms with E-state index in [9.17, 15) is 14.7 Å². The molecule has 0 aromatic carbocycles. The Labute approximate surface area is 138 Å². The van der Waals surface area contributed by atoms with Gasteiger partial charge in [0.15, 0.2) is 6.04 Å². The molecule has 1 saturated carbocycles. The number of hydrogen-bond donors (Lipinski definition) is 2. The van der Waals surface area contributed by atoms with Crippen molar-refractivity contribution in [2.24, 2.45) is 5.92 Å². The standard InChI is InChI=1S/C17H29NO5/c1-4-9-22-11-14(17(20)21)18-16(19)15(5-2)23-13-8-6-7-12(3)10-13/h4,12-15H,1,5-11H2,2-3H3,(H,18,19)(H,20,21). The van der Waals surface area contributed by atoms with Crippen LogP contribution in [0, 0.1) is 5.92 Å². The van der Waals surface area contributed by atoms with Gasteiger partial charge in [-0.05, 0) is 25.2 Å². The van der Waals surface area contributed by atoms with Crippen LogP contribution in [0.25, 0.3) is 0 Å². The minimum atomic E-state index is -1.12. The summed E-state index contributed by atoms with van der Waals surface area (Å²) in [6.45, 7) is 7.70. The Balaban J connectivity index is 2.52. The number of carbonyl (C=O) groups is 2. The topological polar surface area (TPSA) is 84.9 Å². The summed E-state index contributed by atoms with van der Waals surface area (Å²) in [4.78, 5) is 23.5. The van der Waals surface area contributed by atoms with Gasteiger partial charge in [-0.3, -0.25) is 4.79 Å². The first-order valence-electron chi connectivity index (χ1n) is 8.35. The smallest absolute Gasteiger partial charge is 0.328 e. The minimum Gasteiger partial charge on any atom is -0.480 e. The van der Waals surface area contributed by atoms with Crippen molar-refractivity contribution in [2.45, 2.75) is 64.2 Å². The van der Waals surface area contributed by atoms with Crippen molar-refractivity contribution >= 4 is 11.9 Å². The van der Waals surface area contributed by atoms with Crippen LogP contribution in [0.15, 0.2) is 12.7 Å². The zero-order valence-corrected chi connectivity index (χ0v) is 14.1. The molecule has 0 saturated heterocycles. The summed E-state index contributed by atoms with van der Waals surface area (Å²) < 4.78 is 11.0. The van der Waals surface area contributed by atoms with E-state index in [1.165, 1.54) is 12.5 Å². The van der Waals surface area contributed by atoms with Gasteiger partial charge in [-0.25, -0.2) is 4.79 Å². The van der Waals surface area contributed by atoms with Crippen LogP contribution in [-0.4, -0.2) is 48.4 Å². The van der Waals surface area contributed by atoms with Gasteiger partial charge in [-0.2, -0.15) is 0 Å². The summed E-state index contributed by atoms with van der Waals surface area (Å²) in [6.07, 6.45) is 5.72. The highest BCUT2D eigenvalue weighted by Crippen LogP contribution is 2.27. The predicted molar refractivity (Wildman–Crippen MR) is 87.2 cm³/mol. The molecular weight excluding hydrogens is 298 g/mol. The van der Waals surface area contributed by atoms with Crippen molar-refractivity contribution in [1.29, 1.82) is 0 Å². The van der Waals surface area contributed by atoms with E-state index in [-0.39, 0.29) is 25.2 Å². The van der Waals surface area contributed by atoms with E-state index >= 15 is 0 Å². The van der Waals surface area contributed by atoms with Gasteiger partial charge in [0.05, 0.1) is 19.3 Å². The maximum atomic E-state index is 12.3. The highest BCUT2D eigenvalue weighted by molar-refractivity contribution is 5.86. The second-order valence-electron chi connectivity index (χ2n) is 6.15. The van der Waals surface area contributed by atoms with Crippen molar-refractivity contribution in [1.82, 2.24) is 5.32 Å². The molecule has 6 heteroatoms. The SMILES string of the molecule is C=CCOCC(NC(=O)C(CC)OC1CCCC(C)C1)C(=O)O. The third kappa shape index (κ3) is 7.14. The molecule has 0 spiro atoms. The summed E-state index contributed by atoms with van der Waals surface area (Å²) in [7, 11) is 0. The maximum Gasteiger partial charge on any atom is 0.328 e. The molecule has 4 atom stereocenters. The average molecular weight is 327 g/mol. The van der Waals surface area contributed by atoms with Crippen LogP contribution in [0.1, 0.15) is 46.0 Å². The van der Waals surface area contributed by atoms with Gasteiger partial charge in [-0.15, -0.1) is 6.58 Å². The van der Waals surface area contributed by atoms with Crippen molar-refractivity contribution in [3.63, 3.8) is 0 Å². The van der Waals surface area contributed by atoms with Crippen LogP contribution in [-0.2, 0) is 19.1 Å². The average Bonchev–Trinajstić information content (AvgIpc) is 2.51. The molecule has 1 rings (SSSR count). The molecule has 23 heavy (non-hydrogen) atoms. The molecule has 2 N–H and O–H groups in total. The first-order valence-corrected chi connectivity index (χ1v) is 8.35. The highest BCUT2D eigenvalue weighted by atomic mass is 16.5. The van der Waals surface area contributed by atoms with E-state index in [0.29, 0.717) is 12.3 Å². The number of aliphatic carboxylic acids is 1. The lowest BCUT2D eigenvalue weighted by molar-refractivity contribution is -0.148. The van der Waals surface area contributed by atoms with Gasteiger partial charge < -0.3 is 19.9 Å². The van der Waals surface area contributed by atoms with Gasteiger partial charge in [-0.1, -0.05) is 32.8 Å². The summed E-state index contributed by atoms with van der Waals surface area (Å²) in [6, 6.07) is -1.08. The Bertz CT molecular complexity index is 398. The molecule has 1 aliphatic rings. The number of rotatable bonds is 10. The monoisotopic (exact) mass is 327 g/mol. The molecule has 0 aromatic rings. The van der Waals surface area contributed by atoms with E-state index in [2.05, 4.69) is 18.8 Å². The van der Waals surface area contributed by atoms with Crippen LogP contribution in [0.2, 0.25) is 0 Å². The third-order valence-electron chi connectivity index (χ3n) is 4.04. The maximum absolute atomic E-state index is 12.3. The number of amides is 1. The zero-order valence-electron chi connectivity index (χ0n) is 14.1. The lowest BCUT2D eigenvalue weighted by atomic mass is 9.88. The van der Waals surface area contributed by atoms with Crippen LogP contribution < -0.4 is 5.32 Å². The second-order valence-corrected chi connectivity index (χ2v) is 6.15. The summed E-state index contributed by atoms with van der Waals surface area (Å²) in [5.74, 6) is -0.905. The third-order valence-corrected chi connectivity index (χ3v) is 4.04.